The Balaban J connectivity index is 0.00000144. The topological polar surface area (TPSA) is 107 Å². The Kier molecular flexibility index (Phi) is 5.05. The van der Waals surface area contributed by atoms with Gasteiger partial charge in [-0.1, -0.05) is 0 Å². The summed E-state index contributed by atoms with van der Waals surface area (Å²) in [5, 5.41) is 27.7. The average Bonchev–Trinajstić information content (AvgIpc) is 2.32. The molecule has 1 heterocycles. The van der Waals surface area contributed by atoms with E-state index in [2.05, 4.69) is 4.74 Å². The Morgan fingerprint density at radius 1 is 1.54 bits per heavy atom. The van der Waals surface area contributed by atoms with Crippen LogP contribution in [0.5, 0.6) is 0 Å². The number of ketones is 1. The van der Waals surface area contributed by atoms with Crippen LogP contribution in [0.1, 0.15) is 0 Å². The fourth-order valence-corrected chi connectivity index (χ4v) is 0.875. The number of hydrogen-bond acceptors (Lipinski definition) is 6. The molecule has 1 aliphatic rings. The minimum absolute atomic E-state index is 0. The molecular formula is C6H7NaO6. The van der Waals surface area contributed by atoms with E-state index in [0.29, 0.717) is 0 Å². The van der Waals surface area contributed by atoms with Gasteiger partial charge in [-0.25, -0.2) is 4.79 Å². The van der Waals surface area contributed by atoms with E-state index in [0.717, 1.165) is 0 Å². The molecule has 1 saturated heterocycles. The summed E-state index contributed by atoms with van der Waals surface area (Å²) >= 11 is 0. The number of cyclic esters (lactones) is 1. The maximum absolute atomic E-state index is 10.8. The number of rotatable bonds is 2. The maximum Gasteiger partial charge on any atom is 1.00 e. The predicted octanol–water partition coefficient (Wildman–Crippen LogP) is -6.43. The van der Waals surface area contributed by atoms with E-state index in [1.54, 1.807) is 0 Å². The third-order valence-corrected chi connectivity index (χ3v) is 1.54. The summed E-state index contributed by atoms with van der Waals surface area (Å²) in [6.07, 6.45) is -4.92. The van der Waals surface area contributed by atoms with Crippen LogP contribution in [0.25, 0.3) is 0 Å². The van der Waals surface area contributed by atoms with Gasteiger partial charge in [0.25, 0.3) is 0 Å². The van der Waals surface area contributed by atoms with E-state index >= 15 is 0 Å². The van der Waals surface area contributed by atoms with Crippen molar-refractivity contribution in [1.82, 2.24) is 0 Å². The second kappa shape index (κ2) is 5.04. The molecule has 1 aliphatic heterocycles. The zero-order chi connectivity index (χ0) is 9.30. The van der Waals surface area contributed by atoms with Crippen LogP contribution in [0, 0.1) is 0 Å². The van der Waals surface area contributed by atoms with Crippen molar-refractivity contribution in [2.75, 3.05) is 6.61 Å². The zero-order valence-corrected chi connectivity index (χ0v) is 8.97. The molecule has 3 atom stereocenters. The maximum atomic E-state index is 10.8. The minimum Gasteiger partial charge on any atom is -0.853 e. The first-order chi connectivity index (χ1) is 5.57. The summed E-state index contributed by atoms with van der Waals surface area (Å²) in [6, 6.07) is 0. The van der Waals surface area contributed by atoms with Gasteiger partial charge in [0, 0.05) is 0 Å². The number of esters is 1. The molecule has 0 amide bonds. The van der Waals surface area contributed by atoms with E-state index in [1.165, 1.54) is 0 Å². The van der Waals surface area contributed by atoms with Crippen molar-refractivity contribution in [3.63, 3.8) is 0 Å². The van der Waals surface area contributed by atoms with Gasteiger partial charge in [0.2, 0.25) is 11.9 Å². The zero-order valence-electron chi connectivity index (χ0n) is 6.97. The normalized spacial score (nSPS) is 29.5. The number of Topliss-reactive ketones (excluding diaryl/α,β-unsaturated/α-hetero) is 1. The summed E-state index contributed by atoms with van der Waals surface area (Å²) in [5.74, 6) is -2.07. The van der Waals surface area contributed by atoms with Crippen LogP contribution in [0.4, 0.5) is 0 Å². The molecule has 0 saturated carbocycles. The molecule has 13 heavy (non-hydrogen) atoms. The Bertz CT molecular complexity index is 217. The molecule has 2 N–H and O–H groups in total. The molecule has 6 nitrogen and oxygen atoms in total. The van der Waals surface area contributed by atoms with Crippen LogP contribution in [-0.4, -0.2) is 46.9 Å². The fourth-order valence-electron chi connectivity index (χ4n) is 0.875. The van der Waals surface area contributed by atoms with Crippen LogP contribution in [0.2, 0.25) is 0 Å². The van der Waals surface area contributed by atoms with E-state index < -0.39 is 36.7 Å². The summed E-state index contributed by atoms with van der Waals surface area (Å²) < 4.78 is 4.25. The van der Waals surface area contributed by atoms with E-state index in [1.807, 2.05) is 0 Å². The van der Waals surface area contributed by atoms with Crippen LogP contribution < -0.4 is 34.7 Å². The molecule has 0 radical (unpaired) electrons. The third-order valence-electron chi connectivity index (χ3n) is 1.54. The van der Waals surface area contributed by atoms with Crippen LogP contribution in [0.15, 0.2) is 0 Å². The quantitative estimate of drug-likeness (QED) is 0.259. The fraction of sp³-hybridized carbons (Fsp3) is 0.667. The van der Waals surface area contributed by atoms with Gasteiger partial charge in [-0.15, -0.1) is 6.61 Å². The summed E-state index contributed by atoms with van der Waals surface area (Å²) in [4.78, 5) is 21.3. The molecule has 0 bridgehead atoms. The standard InChI is InChI=1S/C6H7O6.Na/c7-1-2(8)5-3(9)4(10)6(11)12-5;/h2,4-5,8,10H,1H2;/q-1;+1/t2-,4?,5-;/m1./s1. The Hall–Kier alpha value is 0.0200. The first-order valence-electron chi connectivity index (χ1n) is 3.26. The number of carbonyl (C=O) groups is 2. The van der Waals surface area contributed by atoms with Crippen molar-refractivity contribution in [3.05, 3.63) is 0 Å². The Labute approximate surface area is 95.8 Å². The van der Waals surface area contributed by atoms with Gasteiger partial charge in [-0.3, -0.25) is 4.79 Å². The van der Waals surface area contributed by atoms with E-state index in [9.17, 15) is 14.7 Å². The second-order valence-electron chi connectivity index (χ2n) is 2.40. The van der Waals surface area contributed by atoms with Gasteiger partial charge in [-0.2, -0.15) is 0 Å². The monoisotopic (exact) mass is 198 g/mol. The van der Waals surface area contributed by atoms with Crippen LogP contribution in [-0.2, 0) is 14.3 Å². The summed E-state index contributed by atoms with van der Waals surface area (Å²) in [5.41, 5.74) is 0. The molecule has 1 fully saturated rings. The number of hydrogen-bond donors (Lipinski definition) is 2. The van der Waals surface area contributed by atoms with Gasteiger partial charge in [0.1, 0.15) is 0 Å². The van der Waals surface area contributed by atoms with Gasteiger partial charge >= 0.3 is 35.5 Å². The first-order valence-corrected chi connectivity index (χ1v) is 3.26. The molecule has 0 aromatic carbocycles. The number of aliphatic hydroxyl groups excluding tert-OH is 2. The van der Waals surface area contributed by atoms with Crippen molar-refractivity contribution in [3.8, 4) is 0 Å². The molecule has 1 rings (SSSR count). The van der Waals surface area contributed by atoms with Gasteiger partial charge in [0.05, 0.1) is 6.10 Å². The van der Waals surface area contributed by atoms with Crippen LogP contribution >= 0.6 is 0 Å². The van der Waals surface area contributed by atoms with E-state index in [-0.39, 0.29) is 29.6 Å². The number of aliphatic hydroxyl groups is 2. The molecule has 1 unspecified atom stereocenters. The second-order valence-corrected chi connectivity index (χ2v) is 2.40. The van der Waals surface area contributed by atoms with Crippen molar-refractivity contribution in [1.29, 1.82) is 0 Å². The van der Waals surface area contributed by atoms with Gasteiger partial charge in [-0.05, 0) is 0 Å². The number of ether oxygens (including phenoxy) is 1. The molecule has 68 valence electrons. The summed E-state index contributed by atoms with van der Waals surface area (Å²) in [7, 11) is 0. The minimum atomic E-state index is -1.85. The molecule has 0 aromatic heterocycles. The van der Waals surface area contributed by atoms with E-state index in [4.69, 9.17) is 10.2 Å². The SMILES string of the molecule is O=C1O[C@H]([C@H](O)C[O-])C(=O)C1O.[Na+]. The molecular weight excluding hydrogens is 191 g/mol. The van der Waals surface area contributed by atoms with Crippen LogP contribution in [0.3, 0.4) is 0 Å². The molecule has 0 spiro atoms. The average molecular weight is 198 g/mol. The predicted molar refractivity (Wildman–Crippen MR) is 31.8 cm³/mol. The van der Waals surface area contributed by atoms with Gasteiger partial charge in [0.15, 0.2) is 6.10 Å². The van der Waals surface area contributed by atoms with Crippen molar-refractivity contribution in [2.24, 2.45) is 0 Å². The van der Waals surface area contributed by atoms with Crippen molar-refractivity contribution < 1.29 is 59.2 Å². The first kappa shape index (κ1) is 13.0. The molecule has 7 heteroatoms. The third kappa shape index (κ3) is 2.49. The Morgan fingerprint density at radius 3 is 2.38 bits per heavy atom. The van der Waals surface area contributed by atoms with Crippen molar-refractivity contribution >= 4 is 11.8 Å². The Morgan fingerprint density at radius 2 is 2.08 bits per heavy atom. The molecule has 0 aromatic rings. The van der Waals surface area contributed by atoms with Crippen molar-refractivity contribution in [2.45, 2.75) is 18.3 Å². The number of carbonyl (C=O) groups excluding carboxylic acids is 2. The largest absolute Gasteiger partial charge is 1.00 e. The van der Waals surface area contributed by atoms with Gasteiger partial charge < -0.3 is 20.1 Å². The smallest absolute Gasteiger partial charge is 0.853 e. The molecule has 0 aliphatic carbocycles. The summed E-state index contributed by atoms with van der Waals surface area (Å²) in [6.45, 7) is -0.948.